The minimum absolute atomic E-state index is 0.199. The highest BCUT2D eigenvalue weighted by molar-refractivity contribution is 7.89. The molecular formula is C11H20N2O3S. The Morgan fingerprint density at radius 3 is 2.47 bits per heavy atom. The van der Waals surface area contributed by atoms with E-state index in [0.29, 0.717) is 18.1 Å². The Labute approximate surface area is 103 Å². The van der Waals surface area contributed by atoms with E-state index in [1.54, 1.807) is 14.0 Å². The molecule has 0 aliphatic heterocycles. The molecule has 0 bridgehead atoms. The highest BCUT2D eigenvalue weighted by atomic mass is 32.2. The van der Waals surface area contributed by atoms with Crippen molar-refractivity contribution < 1.29 is 12.8 Å². The molecule has 1 aromatic heterocycles. The Morgan fingerprint density at radius 1 is 1.47 bits per heavy atom. The lowest BCUT2D eigenvalue weighted by atomic mass is 10.2. The van der Waals surface area contributed by atoms with Crippen LogP contribution in [0.3, 0.4) is 0 Å². The van der Waals surface area contributed by atoms with Gasteiger partial charge in [-0.3, -0.25) is 0 Å². The summed E-state index contributed by atoms with van der Waals surface area (Å²) in [5.74, 6) is 1.15. The average Bonchev–Trinajstić information content (AvgIpc) is 2.59. The van der Waals surface area contributed by atoms with Crippen LogP contribution in [-0.4, -0.2) is 26.3 Å². The molecule has 0 saturated heterocycles. The summed E-state index contributed by atoms with van der Waals surface area (Å²) >= 11 is 0. The monoisotopic (exact) mass is 260 g/mol. The summed E-state index contributed by atoms with van der Waals surface area (Å²) in [5.41, 5.74) is 5.43. The molecule has 0 saturated carbocycles. The summed E-state index contributed by atoms with van der Waals surface area (Å²) in [4.78, 5) is 0.209. The zero-order chi connectivity index (χ0) is 13.2. The number of nitrogens with two attached hydrogens (primary N) is 1. The van der Waals surface area contributed by atoms with Crippen molar-refractivity contribution >= 4 is 10.0 Å². The van der Waals surface area contributed by atoms with Gasteiger partial charge in [-0.15, -0.1) is 0 Å². The fourth-order valence-corrected chi connectivity index (χ4v) is 3.18. The normalized spacial score (nSPS) is 12.6. The van der Waals surface area contributed by atoms with Crippen LogP contribution in [-0.2, 0) is 16.6 Å². The number of rotatable bonds is 5. The molecule has 0 radical (unpaired) electrons. The molecule has 0 aliphatic carbocycles. The lowest BCUT2D eigenvalue weighted by Crippen LogP contribution is -2.30. The number of hydrogen-bond acceptors (Lipinski definition) is 4. The van der Waals surface area contributed by atoms with Gasteiger partial charge in [-0.1, -0.05) is 13.8 Å². The molecule has 1 heterocycles. The van der Waals surface area contributed by atoms with Crippen molar-refractivity contribution in [3.05, 3.63) is 17.6 Å². The molecule has 5 nitrogen and oxygen atoms in total. The molecule has 0 atom stereocenters. The molecule has 1 aromatic rings. The molecule has 98 valence electrons. The van der Waals surface area contributed by atoms with Crippen LogP contribution in [0, 0.1) is 12.8 Å². The molecule has 2 N–H and O–H groups in total. The van der Waals surface area contributed by atoms with Gasteiger partial charge < -0.3 is 10.2 Å². The van der Waals surface area contributed by atoms with E-state index in [9.17, 15) is 8.42 Å². The van der Waals surface area contributed by atoms with E-state index in [1.807, 2.05) is 13.8 Å². The predicted molar refractivity (Wildman–Crippen MR) is 66.0 cm³/mol. The van der Waals surface area contributed by atoms with Gasteiger partial charge in [0.2, 0.25) is 10.0 Å². The van der Waals surface area contributed by atoms with E-state index in [2.05, 4.69) is 0 Å². The highest BCUT2D eigenvalue weighted by Crippen LogP contribution is 2.23. The van der Waals surface area contributed by atoms with Crippen LogP contribution >= 0.6 is 0 Å². The van der Waals surface area contributed by atoms with Gasteiger partial charge in [0.1, 0.15) is 16.4 Å². The van der Waals surface area contributed by atoms with Crippen LogP contribution in [0.4, 0.5) is 0 Å². The summed E-state index contributed by atoms with van der Waals surface area (Å²) in [7, 11) is -1.90. The molecule has 6 heteroatoms. The predicted octanol–water partition coefficient (Wildman–Crippen LogP) is 1.32. The van der Waals surface area contributed by atoms with E-state index in [-0.39, 0.29) is 17.4 Å². The van der Waals surface area contributed by atoms with Gasteiger partial charge in [-0.25, -0.2) is 12.7 Å². The lowest BCUT2D eigenvalue weighted by Gasteiger charge is -2.18. The molecule has 0 aliphatic rings. The van der Waals surface area contributed by atoms with Crippen LogP contribution in [0.15, 0.2) is 15.4 Å². The van der Waals surface area contributed by atoms with Crippen molar-refractivity contribution in [3.63, 3.8) is 0 Å². The van der Waals surface area contributed by atoms with Crippen molar-refractivity contribution in [2.75, 3.05) is 13.6 Å². The summed E-state index contributed by atoms with van der Waals surface area (Å²) in [6, 6.07) is 1.50. The van der Waals surface area contributed by atoms with E-state index in [4.69, 9.17) is 10.2 Å². The van der Waals surface area contributed by atoms with Crippen LogP contribution in [0.1, 0.15) is 25.4 Å². The number of nitrogens with zero attached hydrogens (tertiary/aromatic N) is 1. The summed E-state index contributed by atoms with van der Waals surface area (Å²) in [6.45, 7) is 6.25. The first-order valence-electron chi connectivity index (χ1n) is 5.54. The van der Waals surface area contributed by atoms with Gasteiger partial charge in [-0.05, 0) is 12.8 Å². The molecule has 0 aromatic carbocycles. The number of aryl methyl sites for hydroxylation is 1. The standard InChI is InChI=1S/C11H20N2O3S/c1-8(2)7-13(4)17(14,15)11-5-10(6-12)16-9(11)3/h5,8H,6-7,12H2,1-4H3. The second-order valence-electron chi connectivity index (χ2n) is 4.52. The summed E-state index contributed by atoms with van der Waals surface area (Å²) < 4.78 is 31.1. The first kappa shape index (κ1) is 14.2. The number of hydrogen-bond donors (Lipinski definition) is 1. The maximum atomic E-state index is 12.2. The van der Waals surface area contributed by atoms with Gasteiger partial charge in [-0.2, -0.15) is 0 Å². The maximum absolute atomic E-state index is 12.2. The van der Waals surface area contributed by atoms with E-state index in [0.717, 1.165) is 0 Å². The molecule has 17 heavy (non-hydrogen) atoms. The van der Waals surface area contributed by atoms with Crippen LogP contribution in [0.5, 0.6) is 0 Å². The molecule has 1 rings (SSSR count). The molecule has 0 unspecified atom stereocenters. The first-order chi connectivity index (χ1) is 7.78. The zero-order valence-electron chi connectivity index (χ0n) is 10.7. The molecule has 0 amide bonds. The van der Waals surface area contributed by atoms with Gasteiger partial charge in [0, 0.05) is 19.7 Å². The van der Waals surface area contributed by atoms with Crippen molar-refractivity contribution in [1.29, 1.82) is 0 Å². The van der Waals surface area contributed by atoms with Gasteiger partial charge in [0.15, 0.2) is 0 Å². The van der Waals surface area contributed by atoms with Gasteiger partial charge in [0.05, 0.1) is 6.54 Å². The lowest BCUT2D eigenvalue weighted by molar-refractivity contribution is 0.414. The summed E-state index contributed by atoms with van der Waals surface area (Å²) in [6.07, 6.45) is 0. The Morgan fingerprint density at radius 2 is 2.06 bits per heavy atom. The summed E-state index contributed by atoms with van der Waals surface area (Å²) in [5, 5.41) is 0. The highest BCUT2D eigenvalue weighted by Gasteiger charge is 2.26. The quantitative estimate of drug-likeness (QED) is 0.866. The molecule has 0 fully saturated rings. The van der Waals surface area contributed by atoms with Crippen LogP contribution in [0.25, 0.3) is 0 Å². The van der Waals surface area contributed by atoms with Crippen molar-refractivity contribution in [2.24, 2.45) is 11.7 Å². The van der Waals surface area contributed by atoms with Crippen LogP contribution < -0.4 is 5.73 Å². The number of furan rings is 1. The third-order valence-corrected chi connectivity index (χ3v) is 4.37. The average molecular weight is 260 g/mol. The molecular weight excluding hydrogens is 240 g/mol. The Hall–Kier alpha value is -0.850. The fraction of sp³-hybridized carbons (Fsp3) is 0.636. The number of sulfonamides is 1. The van der Waals surface area contributed by atoms with Crippen molar-refractivity contribution in [1.82, 2.24) is 4.31 Å². The van der Waals surface area contributed by atoms with E-state index < -0.39 is 10.0 Å². The smallest absolute Gasteiger partial charge is 0.246 e. The van der Waals surface area contributed by atoms with Crippen LogP contribution in [0.2, 0.25) is 0 Å². The third kappa shape index (κ3) is 3.08. The largest absolute Gasteiger partial charge is 0.464 e. The third-order valence-electron chi connectivity index (χ3n) is 2.43. The van der Waals surface area contributed by atoms with E-state index in [1.165, 1.54) is 10.4 Å². The van der Waals surface area contributed by atoms with Crippen molar-refractivity contribution in [3.8, 4) is 0 Å². The Balaban J connectivity index is 3.08. The topological polar surface area (TPSA) is 76.5 Å². The maximum Gasteiger partial charge on any atom is 0.246 e. The second-order valence-corrected chi connectivity index (χ2v) is 6.53. The second kappa shape index (κ2) is 5.20. The Bertz CT molecular complexity index is 477. The SMILES string of the molecule is Cc1oc(CN)cc1S(=O)(=O)N(C)CC(C)C. The fourth-order valence-electron chi connectivity index (χ4n) is 1.66. The minimum atomic E-state index is -3.47. The Kier molecular flexibility index (Phi) is 4.35. The van der Waals surface area contributed by atoms with E-state index >= 15 is 0 Å². The van der Waals surface area contributed by atoms with Crippen molar-refractivity contribution in [2.45, 2.75) is 32.2 Å². The first-order valence-corrected chi connectivity index (χ1v) is 6.98. The molecule has 0 spiro atoms. The van der Waals surface area contributed by atoms with Gasteiger partial charge >= 0.3 is 0 Å². The van der Waals surface area contributed by atoms with Gasteiger partial charge in [0.25, 0.3) is 0 Å². The minimum Gasteiger partial charge on any atom is -0.464 e. The zero-order valence-corrected chi connectivity index (χ0v) is 11.5.